The fourth-order valence-corrected chi connectivity index (χ4v) is 2.62. The molecular weight excluding hydrogens is 389 g/mol. The molecule has 1 aliphatic heterocycles. The van der Waals surface area contributed by atoms with E-state index in [1.807, 2.05) is 0 Å². The van der Waals surface area contributed by atoms with E-state index >= 15 is 0 Å². The van der Waals surface area contributed by atoms with Gasteiger partial charge >= 0.3 is 6.18 Å². The second kappa shape index (κ2) is 7.51. The average molecular weight is 403 g/mol. The molecule has 2 aromatic rings. The van der Waals surface area contributed by atoms with Crippen molar-refractivity contribution in [2.24, 2.45) is 0 Å². The Kier molecular flexibility index (Phi) is 5.31. The molecule has 0 radical (unpaired) electrons. The van der Waals surface area contributed by atoms with Gasteiger partial charge in [0.1, 0.15) is 5.02 Å². The lowest BCUT2D eigenvalue weighted by Crippen LogP contribution is -2.26. The van der Waals surface area contributed by atoms with E-state index < -0.39 is 18.7 Å². The summed E-state index contributed by atoms with van der Waals surface area (Å²) < 4.78 is 51.7. The first-order valence-corrected chi connectivity index (χ1v) is 8.10. The van der Waals surface area contributed by atoms with E-state index in [1.54, 1.807) is 25.2 Å². The summed E-state index contributed by atoms with van der Waals surface area (Å²) in [7, 11) is 1.58. The van der Waals surface area contributed by atoms with Crippen LogP contribution in [0.3, 0.4) is 0 Å². The number of amides is 1. The number of carbonyl (C=O) groups is 1. The highest BCUT2D eigenvalue weighted by Crippen LogP contribution is 2.33. The second-order valence-corrected chi connectivity index (χ2v) is 6.17. The molecule has 0 aliphatic carbocycles. The minimum absolute atomic E-state index is 0.127. The van der Waals surface area contributed by atoms with Crippen LogP contribution in [0.2, 0.25) is 5.02 Å². The molecule has 0 saturated heterocycles. The number of rotatable bonds is 5. The second-order valence-electron chi connectivity index (χ2n) is 5.76. The number of aromatic nitrogens is 1. The molecule has 1 aromatic carbocycles. The SMILES string of the molecule is CN(Cc1ccc2c(c1)OCO2)C(=O)c1cnc(OCC(F)(F)F)c(Cl)c1. The summed E-state index contributed by atoms with van der Waals surface area (Å²) in [6.45, 7) is -1.09. The number of alkyl halides is 3. The molecule has 0 fully saturated rings. The van der Waals surface area contributed by atoms with Crippen LogP contribution >= 0.6 is 11.6 Å². The topological polar surface area (TPSA) is 60.9 Å². The molecule has 3 rings (SSSR count). The van der Waals surface area contributed by atoms with Gasteiger partial charge in [0.25, 0.3) is 5.91 Å². The van der Waals surface area contributed by atoms with Crippen molar-refractivity contribution in [2.75, 3.05) is 20.4 Å². The van der Waals surface area contributed by atoms with E-state index in [4.69, 9.17) is 21.1 Å². The highest BCUT2D eigenvalue weighted by molar-refractivity contribution is 6.32. The number of carbonyl (C=O) groups excluding carboxylic acids is 1. The summed E-state index contributed by atoms with van der Waals surface area (Å²) in [4.78, 5) is 17.6. The third kappa shape index (κ3) is 4.73. The standard InChI is InChI=1S/C17H14ClF3N2O4/c1-23(7-10-2-3-13-14(4-10)27-9-26-13)16(24)11-5-12(18)15(22-6-11)25-8-17(19,20)21/h2-6H,7-9H2,1H3. The van der Waals surface area contributed by atoms with Crippen LogP contribution in [0, 0.1) is 0 Å². The zero-order chi connectivity index (χ0) is 19.6. The maximum atomic E-state index is 12.5. The Morgan fingerprint density at radius 3 is 2.74 bits per heavy atom. The summed E-state index contributed by atoms with van der Waals surface area (Å²) in [5, 5.41) is -0.179. The molecule has 0 unspecified atom stereocenters. The van der Waals surface area contributed by atoms with Crippen molar-refractivity contribution in [3.8, 4) is 17.4 Å². The lowest BCUT2D eigenvalue weighted by atomic mass is 10.1. The number of halogens is 4. The fourth-order valence-electron chi connectivity index (χ4n) is 2.40. The van der Waals surface area contributed by atoms with Gasteiger partial charge in [-0.2, -0.15) is 13.2 Å². The van der Waals surface area contributed by atoms with Crippen LogP contribution < -0.4 is 14.2 Å². The van der Waals surface area contributed by atoms with Gasteiger partial charge in [0, 0.05) is 19.8 Å². The van der Waals surface area contributed by atoms with E-state index in [-0.39, 0.29) is 29.8 Å². The van der Waals surface area contributed by atoms with Crippen LogP contribution in [0.15, 0.2) is 30.5 Å². The monoisotopic (exact) mass is 402 g/mol. The summed E-state index contributed by atoms with van der Waals surface area (Å²) >= 11 is 5.88. The first-order chi connectivity index (χ1) is 12.7. The number of hydrogen-bond acceptors (Lipinski definition) is 5. The third-order valence-corrected chi connectivity index (χ3v) is 3.90. The van der Waals surface area contributed by atoms with Gasteiger partial charge in [0.2, 0.25) is 12.7 Å². The summed E-state index contributed by atoms with van der Waals surface area (Å²) in [5.74, 6) is 0.454. The molecule has 1 aliphatic rings. The van der Waals surface area contributed by atoms with Gasteiger partial charge in [0.15, 0.2) is 18.1 Å². The Hall–Kier alpha value is -2.68. The summed E-state index contributed by atoms with van der Waals surface area (Å²) in [6, 6.07) is 6.54. The molecule has 0 spiro atoms. The minimum Gasteiger partial charge on any atom is -0.467 e. The molecule has 144 valence electrons. The van der Waals surface area contributed by atoms with E-state index in [0.717, 1.165) is 11.8 Å². The molecule has 1 aromatic heterocycles. The maximum Gasteiger partial charge on any atom is 0.422 e. The van der Waals surface area contributed by atoms with Gasteiger partial charge < -0.3 is 19.1 Å². The highest BCUT2D eigenvalue weighted by Gasteiger charge is 2.29. The van der Waals surface area contributed by atoms with Crippen LogP contribution in [0.1, 0.15) is 15.9 Å². The molecule has 2 heterocycles. The first-order valence-electron chi connectivity index (χ1n) is 7.72. The quantitative estimate of drug-likeness (QED) is 0.763. The number of nitrogens with zero attached hydrogens (tertiary/aromatic N) is 2. The highest BCUT2D eigenvalue weighted by atomic mass is 35.5. The Balaban J connectivity index is 1.67. The molecule has 0 saturated carbocycles. The first kappa shape index (κ1) is 19.1. The number of benzene rings is 1. The Bertz CT molecular complexity index is 861. The molecule has 10 heteroatoms. The molecule has 27 heavy (non-hydrogen) atoms. The number of fused-ring (bicyclic) bond motifs is 1. The van der Waals surface area contributed by atoms with Gasteiger partial charge in [-0.25, -0.2) is 4.98 Å². The fraction of sp³-hybridized carbons (Fsp3) is 0.294. The van der Waals surface area contributed by atoms with Gasteiger partial charge in [-0.3, -0.25) is 4.79 Å². The van der Waals surface area contributed by atoms with E-state index in [0.29, 0.717) is 11.5 Å². The molecule has 0 N–H and O–H groups in total. The van der Waals surface area contributed by atoms with E-state index in [2.05, 4.69) is 9.72 Å². The summed E-state index contributed by atoms with van der Waals surface area (Å²) in [5.41, 5.74) is 0.946. The van der Waals surface area contributed by atoms with Gasteiger partial charge in [0.05, 0.1) is 5.56 Å². The third-order valence-electron chi connectivity index (χ3n) is 3.63. The van der Waals surface area contributed by atoms with E-state index in [9.17, 15) is 18.0 Å². The van der Waals surface area contributed by atoms with Crippen LogP contribution in [0.4, 0.5) is 13.2 Å². The van der Waals surface area contributed by atoms with Crippen molar-refractivity contribution in [1.82, 2.24) is 9.88 Å². The van der Waals surface area contributed by atoms with Crippen molar-refractivity contribution in [3.63, 3.8) is 0 Å². The lowest BCUT2D eigenvalue weighted by molar-refractivity contribution is -0.154. The van der Waals surface area contributed by atoms with E-state index in [1.165, 1.54) is 11.0 Å². The maximum absolute atomic E-state index is 12.5. The van der Waals surface area contributed by atoms with Crippen LogP contribution in [-0.2, 0) is 6.54 Å². The Labute approximate surface area is 157 Å². The molecule has 0 bridgehead atoms. The molecule has 0 atom stereocenters. The van der Waals surface area contributed by atoms with Crippen molar-refractivity contribution in [2.45, 2.75) is 12.7 Å². The lowest BCUT2D eigenvalue weighted by Gasteiger charge is -2.18. The van der Waals surface area contributed by atoms with Crippen LogP contribution in [-0.4, -0.2) is 42.4 Å². The smallest absolute Gasteiger partial charge is 0.422 e. The minimum atomic E-state index is -4.51. The van der Waals surface area contributed by atoms with Crippen molar-refractivity contribution < 1.29 is 32.2 Å². The number of pyridine rings is 1. The molecule has 6 nitrogen and oxygen atoms in total. The largest absolute Gasteiger partial charge is 0.467 e. The summed E-state index contributed by atoms with van der Waals surface area (Å²) in [6.07, 6.45) is -3.39. The number of ether oxygens (including phenoxy) is 3. The van der Waals surface area contributed by atoms with Gasteiger partial charge in [-0.05, 0) is 23.8 Å². The van der Waals surface area contributed by atoms with Gasteiger partial charge in [-0.15, -0.1) is 0 Å². The van der Waals surface area contributed by atoms with Crippen LogP contribution in [0.25, 0.3) is 0 Å². The van der Waals surface area contributed by atoms with Crippen molar-refractivity contribution in [1.29, 1.82) is 0 Å². The predicted octanol–water partition coefficient (Wildman–Crippen LogP) is 3.68. The number of hydrogen-bond donors (Lipinski definition) is 0. The van der Waals surface area contributed by atoms with Gasteiger partial charge in [-0.1, -0.05) is 17.7 Å². The normalized spacial score (nSPS) is 12.8. The van der Waals surface area contributed by atoms with Crippen molar-refractivity contribution >= 4 is 17.5 Å². The Morgan fingerprint density at radius 1 is 1.30 bits per heavy atom. The molecule has 1 amide bonds. The van der Waals surface area contributed by atoms with Crippen LogP contribution in [0.5, 0.6) is 17.4 Å². The zero-order valence-electron chi connectivity index (χ0n) is 14.0. The predicted molar refractivity (Wildman–Crippen MR) is 89.2 cm³/mol. The van der Waals surface area contributed by atoms with Crippen molar-refractivity contribution in [3.05, 3.63) is 46.6 Å². The zero-order valence-corrected chi connectivity index (χ0v) is 14.8. The average Bonchev–Trinajstić information content (AvgIpc) is 3.07. The Morgan fingerprint density at radius 2 is 2.04 bits per heavy atom. The molecular formula is C17H14ClF3N2O4.